The van der Waals surface area contributed by atoms with Crippen molar-refractivity contribution in [3.05, 3.63) is 47.8 Å². The van der Waals surface area contributed by atoms with E-state index >= 15 is 0 Å². The predicted octanol–water partition coefficient (Wildman–Crippen LogP) is 0.479. The topological polar surface area (TPSA) is 80.0 Å². The van der Waals surface area contributed by atoms with E-state index in [-0.39, 0.29) is 18.2 Å². The molecule has 0 bridgehead atoms. The summed E-state index contributed by atoms with van der Waals surface area (Å²) in [5, 5.41) is 11.5. The number of aliphatic hydroxyl groups is 1. The van der Waals surface area contributed by atoms with Crippen molar-refractivity contribution in [2.75, 3.05) is 6.61 Å². The molecule has 0 aliphatic rings. The highest BCUT2D eigenvalue weighted by Gasteiger charge is 2.12. The number of amides is 1. The summed E-state index contributed by atoms with van der Waals surface area (Å²) in [5.41, 5.74) is 0.820. The summed E-state index contributed by atoms with van der Waals surface area (Å²) < 4.78 is 1.83. The number of aliphatic hydroxyl groups excluding tert-OH is 1. The van der Waals surface area contributed by atoms with E-state index < -0.39 is 0 Å². The number of aromatic nitrogens is 3. The highest BCUT2D eigenvalue weighted by molar-refractivity contribution is 5.94. The number of carbonyl (C=O) groups excluding carboxylic acids is 1. The van der Waals surface area contributed by atoms with Gasteiger partial charge in [-0.25, -0.2) is 9.97 Å². The summed E-state index contributed by atoms with van der Waals surface area (Å²) in [4.78, 5) is 20.4. The number of nitrogens with one attached hydrogen (secondary N) is 1. The first-order valence-electron chi connectivity index (χ1n) is 6.51. The minimum absolute atomic E-state index is 0.00600. The van der Waals surface area contributed by atoms with E-state index in [2.05, 4.69) is 27.1 Å². The Bertz CT molecular complexity index is 682. The standard InChI is InChI=1S/C15H16N4O2/c1-19-9-8-16-13(19)11-18-15(21)14-12(5-2-3-10-20)6-4-7-17-14/h4,6-9,20H,3,10-11H2,1H3,(H,18,21). The van der Waals surface area contributed by atoms with Crippen LogP contribution in [0.2, 0.25) is 0 Å². The number of hydrogen-bond donors (Lipinski definition) is 2. The largest absolute Gasteiger partial charge is 0.395 e. The number of pyridine rings is 1. The zero-order valence-electron chi connectivity index (χ0n) is 11.7. The second-order valence-electron chi connectivity index (χ2n) is 4.31. The molecule has 2 aromatic heterocycles. The molecular weight excluding hydrogens is 268 g/mol. The van der Waals surface area contributed by atoms with Gasteiger partial charge in [-0.3, -0.25) is 4.79 Å². The Morgan fingerprint density at radius 3 is 3.00 bits per heavy atom. The normalized spacial score (nSPS) is 9.81. The minimum Gasteiger partial charge on any atom is -0.395 e. The van der Waals surface area contributed by atoms with Crippen molar-refractivity contribution in [1.82, 2.24) is 19.9 Å². The lowest BCUT2D eigenvalue weighted by molar-refractivity contribution is 0.0944. The molecule has 0 unspecified atom stereocenters. The van der Waals surface area contributed by atoms with E-state index in [1.54, 1.807) is 24.5 Å². The lowest BCUT2D eigenvalue weighted by atomic mass is 10.2. The summed E-state index contributed by atoms with van der Waals surface area (Å²) in [6.45, 7) is 0.316. The van der Waals surface area contributed by atoms with Crippen LogP contribution in [0.25, 0.3) is 0 Å². The van der Waals surface area contributed by atoms with Gasteiger partial charge < -0.3 is 15.0 Å². The summed E-state index contributed by atoms with van der Waals surface area (Å²) >= 11 is 0. The van der Waals surface area contributed by atoms with Crippen molar-refractivity contribution in [2.45, 2.75) is 13.0 Å². The molecule has 2 heterocycles. The molecule has 21 heavy (non-hydrogen) atoms. The van der Waals surface area contributed by atoms with Crippen LogP contribution in [0.5, 0.6) is 0 Å². The molecule has 1 amide bonds. The Kier molecular flexibility index (Phi) is 5.07. The van der Waals surface area contributed by atoms with E-state index in [1.165, 1.54) is 0 Å². The molecule has 6 nitrogen and oxygen atoms in total. The maximum atomic E-state index is 12.2. The fourth-order valence-electron chi connectivity index (χ4n) is 1.71. The molecule has 0 fully saturated rings. The molecule has 0 aromatic carbocycles. The smallest absolute Gasteiger partial charge is 0.271 e. The highest BCUT2D eigenvalue weighted by atomic mass is 16.2. The summed E-state index contributed by atoms with van der Waals surface area (Å²) in [5.74, 6) is 6.09. The summed E-state index contributed by atoms with van der Waals surface area (Å²) in [6.07, 6.45) is 5.40. The molecule has 2 rings (SSSR count). The molecule has 0 atom stereocenters. The number of imidazole rings is 1. The number of rotatable bonds is 4. The second kappa shape index (κ2) is 7.22. The monoisotopic (exact) mass is 284 g/mol. The van der Waals surface area contributed by atoms with Gasteiger partial charge in [0.1, 0.15) is 11.5 Å². The maximum Gasteiger partial charge on any atom is 0.271 e. The SMILES string of the molecule is Cn1ccnc1CNC(=O)c1ncccc1C#CCCO. The quantitative estimate of drug-likeness (QED) is 0.800. The molecule has 0 aliphatic carbocycles. The van der Waals surface area contributed by atoms with Crippen LogP contribution in [-0.2, 0) is 13.6 Å². The first-order chi connectivity index (χ1) is 10.2. The molecule has 0 saturated carbocycles. The van der Waals surface area contributed by atoms with Gasteiger partial charge in [-0.1, -0.05) is 11.8 Å². The third kappa shape index (κ3) is 3.91. The highest BCUT2D eigenvalue weighted by Crippen LogP contribution is 2.04. The molecule has 108 valence electrons. The first-order valence-corrected chi connectivity index (χ1v) is 6.51. The van der Waals surface area contributed by atoms with Crippen molar-refractivity contribution >= 4 is 5.91 Å². The van der Waals surface area contributed by atoms with Crippen molar-refractivity contribution in [3.8, 4) is 11.8 Å². The molecule has 0 radical (unpaired) electrons. The van der Waals surface area contributed by atoms with Crippen LogP contribution < -0.4 is 5.32 Å². The fourth-order valence-corrected chi connectivity index (χ4v) is 1.71. The summed E-state index contributed by atoms with van der Waals surface area (Å²) in [7, 11) is 1.86. The number of carbonyl (C=O) groups is 1. The summed E-state index contributed by atoms with van der Waals surface area (Å²) in [6, 6.07) is 3.45. The van der Waals surface area contributed by atoms with E-state index in [1.807, 2.05) is 17.8 Å². The maximum absolute atomic E-state index is 12.2. The van der Waals surface area contributed by atoms with E-state index in [0.29, 0.717) is 18.5 Å². The average Bonchev–Trinajstić information content (AvgIpc) is 2.91. The van der Waals surface area contributed by atoms with Crippen LogP contribution >= 0.6 is 0 Å². The number of aryl methyl sites for hydroxylation is 1. The molecule has 0 spiro atoms. The predicted molar refractivity (Wildman–Crippen MR) is 77.2 cm³/mol. The van der Waals surface area contributed by atoms with Gasteiger partial charge in [-0.2, -0.15) is 0 Å². The van der Waals surface area contributed by atoms with Crippen LogP contribution in [-0.4, -0.2) is 32.2 Å². The third-order valence-electron chi connectivity index (χ3n) is 2.81. The van der Waals surface area contributed by atoms with Crippen molar-refractivity contribution in [1.29, 1.82) is 0 Å². The second-order valence-corrected chi connectivity index (χ2v) is 4.31. The molecule has 0 saturated heterocycles. The van der Waals surface area contributed by atoms with Gasteiger partial charge >= 0.3 is 0 Å². The molecule has 2 N–H and O–H groups in total. The Balaban J connectivity index is 2.09. The van der Waals surface area contributed by atoms with Crippen molar-refractivity contribution in [3.63, 3.8) is 0 Å². The van der Waals surface area contributed by atoms with Gasteiger partial charge in [0.25, 0.3) is 5.91 Å². The lowest BCUT2D eigenvalue weighted by Crippen LogP contribution is -2.26. The first kappa shape index (κ1) is 14.8. The molecule has 2 aromatic rings. The van der Waals surface area contributed by atoms with Crippen LogP contribution in [0.4, 0.5) is 0 Å². The molecule has 6 heteroatoms. The van der Waals surface area contributed by atoms with E-state index in [0.717, 1.165) is 5.82 Å². The zero-order valence-corrected chi connectivity index (χ0v) is 11.7. The van der Waals surface area contributed by atoms with Crippen LogP contribution in [0.15, 0.2) is 30.7 Å². The van der Waals surface area contributed by atoms with E-state index in [9.17, 15) is 4.79 Å². The van der Waals surface area contributed by atoms with Crippen LogP contribution in [0, 0.1) is 11.8 Å². The zero-order chi connectivity index (χ0) is 15.1. The van der Waals surface area contributed by atoms with Gasteiger partial charge in [0.15, 0.2) is 0 Å². The number of nitrogens with zero attached hydrogens (tertiary/aromatic N) is 3. The lowest BCUT2D eigenvalue weighted by Gasteiger charge is -2.06. The molecular formula is C15H16N4O2. The van der Waals surface area contributed by atoms with Gasteiger partial charge in [-0.15, -0.1) is 0 Å². The molecule has 0 aliphatic heterocycles. The van der Waals surface area contributed by atoms with E-state index in [4.69, 9.17) is 5.11 Å². The van der Waals surface area contributed by atoms with Crippen LogP contribution in [0.3, 0.4) is 0 Å². The number of hydrogen-bond acceptors (Lipinski definition) is 4. The Morgan fingerprint density at radius 2 is 2.29 bits per heavy atom. The third-order valence-corrected chi connectivity index (χ3v) is 2.81. The van der Waals surface area contributed by atoms with Gasteiger partial charge in [-0.05, 0) is 12.1 Å². The van der Waals surface area contributed by atoms with Crippen molar-refractivity contribution in [2.24, 2.45) is 7.05 Å². The van der Waals surface area contributed by atoms with Gasteiger partial charge in [0, 0.05) is 32.1 Å². The van der Waals surface area contributed by atoms with Crippen molar-refractivity contribution < 1.29 is 9.90 Å². The van der Waals surface area contributed by atoms with Gasteiger partial charge in [0.2, 0.25) is 0 Å². The Hall–Kier alpha value is -2.65. The van der Waals surface area contributed by atoms with Gasteiger partial charge in [0.05, 0.1) is 18.7 Å². The Morgan fingerprint density at radius 1 is 1.43 bits per heavy atom. The average molecular weight is 284 g/mol. The minimum atomic E-state index is -0.299. The fraction of sp³-hybridized carbons (Fsp3) is 0.267. The Labute approximate surface area is 122 Å². The van der Waals surface area contributed by atoms with Crippen LogP contribution in [0.1, 0.15) is 28.3 Å².